The number of Topliss-reactive ketones (excluding diaryl/α,β-unsaturated/α-hetero) is 1. The van der Waals surface area contributed by atoms with Gasteiger partial charge >= 0.3 is 0 Å². The highest BCUT2D eigenvalue weighted by atomic mass is 19.1. The van der Waals surface area contributed by atoms with Crippen LogP contribution in [0.15, 0.2) is 24.3 Å². The van der Waals surface area contributed by atoms with Gasteiger partial charge < -0.3 is 5.73 Å². The van der Waals surface area contributed by atoms with Crippen molar-refractivity contribution < 1.29 is 9.18 Å². The summed E-state index contributed by atoms with van der Waals surface area (Å²) in [6.45, 7) is 1.99. The van der Waals surface area contributed by atoms with Crippen molar-refractivity contribution in [3.63, 3.8) is 0 Å². The van der Waals surface area contributed by atoms with Gasteiger partial charge in [0.25, 0.3) is 0 Å². The van der Waals surface area contributed by atoms with Crippen LogP contribution in [0.4, 0.5) is 4.39 Å². The highest BCUT2D eigenvalue weighted by Gasteiger charge is 2.03. The predicted molar refractivity (Wildman–Crippen MR) is 59.1 cm³/mol. The van der Waals surface area contributed by atoms with Crippen LogP contribution in [0.3, 0.4) is 0 Å². The van der Waals surface area contributed by atoms with Crippen molar-refractivity contribution in [2.45, 2.75) is 13.3 Å². The summed E-state index contributed by atoms with van der Waals surface area (Å²) in [4.78, 5) is 11.1. The molecule has 0 heterocycles. The molecule has 0 bridgehead atoms. The molecule has 3 heteroatoms. The minimum atomic E-state index is -0.326. The molecule has 0 saturated heterocycles. The number of nitrogens with two attached hydrogens (primary N) is 1. The Kier molecular flexibility index (Phi) is 4.18. The van der Waals surface area contributed by atoms with Crippen LogP contribution in [0, 0.1) is 5.82 Å². The molecule has 15 heavy (non-hydrogen) atoms. The van der Waals surface area contributed by atoms with Crippen molar-refractivity contribution in [1.29, 1.82) is 0 Å². The van der Waals surface area contributed by atoms with Gasteiger partial charge in [-0.3, -0.25) is 4.79 Å². The number of halogens is 1. The van der Waals surface area contributed by atoms with Gasteiger partial charge in [0, 0.05) is 11.1 Å². The molecule has 0 amide bonds. The van der Waals surface area contributed by atoms with Crippen molar-refractivity contribution >= 4 is 11.9 Å². The van der Waals surface area contributed by atoms with Crippen LogP contribution in [-0.4, -0.2) is 12.3 Å². The third kappa shape index (κ3) is 3.29. The van der Waals surface area contributed by atoms with Gasteiger partial charge in [-0.15, -0.1) is 0 Å². The van der Waals surface area contributed by atoms with Gasteiger partial charge in [0.05, 0.1) is 0 Å². The maximum Gasteiger partial charge on any atom is 0.159 e. The molecule has 0 saturated carbocycles. The Bertz CT molecular complexity index is 385. The van der Waals surface area contributed by atoms with E-state index in [2.05, 4.69) is 0 Å². The molecular weight excluding hydrogens is 193 g/mol. The Labute approximate surface area is 88.6 Å². The number of rotatable bonds is 4. The monoisotopic (exact) mass is 207 g/mol. The average molecular weight is 207 g/mol. The lowest BCUT2D eigenvalue weighted by molar-refractivity contribution is 0.101. The topological polar surface area (TPSA) is 43.1 Å². The van der Waals surface area contributed by atoms with Gasteiger partial charge in [0.15, 0.2) is 5.78 Å². The van der Waals surface area contributed by atoms with E-state index in [1.165, 1.54) is 19.1 Å². The number of hydrogen-bond donors (Lipinski definition) is 1. The summed E-state index contributed by atoms with van der Waals surface area (Å²) in [7, 11) is 0. The fraction of sp³-hybridized carbons (Fsp3) is 0.250. The van der Waals surface area contributed by atoms with E-state index < -0.39 is 0 Å². The molecule has 0 atom stereocenters. The molecule has 1 aromatic rings. The number of benzene rings is 1. The highest BCUT2D eigenvalue weighted by molar-refractivity contribution is 5.94. The van der Waals surface area contributed by atoms with Crippen LogP contribution in [0.5, 0.6) is 0 Å². The molecule has 0 spiro atoms. The molecule has 80 valence electrons. The Balaban J connectivity index is 2.95. The van der Waals surface area contributed by atoms with Crippen molar-refractivity contribution in [2.24, 2.45) is 5.73 Å². The Hall–Kier alpha value is -1.48. The number of hydrogen-bond acceptors (Lipinski definition) is 2. The first-order chi connectivity index (χ1) is 7.15. The Morgan fingerprint density at radius 3 is 2.87 bits per heavy atom. The van der Waals surface area contributed by atoms with Crippen molar-refractivity contribution in [2.75, 3.05) is 6.54 Å². The lowest BCUT2D eigenvalue weighted by atomic mass is 10.1. The van der Waals surface area contributed by atoms with Crippen LogP contribution in [0.25, 0.3) is 6.08 Å². The van der Waals surface area contributed by atoms with Gasteiger partial charge in [-0.25, -0.2) is 4.39 Å². The number of carbonyl (C=O) groups excluding carboxylic acids is 1. The molecule has 2 nitrogen and oxygen atoms in total. The van der Waals surface area contributed by atoms with E-state index in [9.17, 15) is 9.18 Å². The van der Waals surface area contributed by atoms with Crippen molar-refractivity contribution in [1.82, 2.24) is 0 Å². The summed E-state index contributed by atoms with van der Waals surface area (Å²) in [5.74, 6) is -0.392. The first-order valence-corrected chi connectivity index (χ1v) is 4.82. The zero-order valence-corrected chi connectivity index (χ0v) is 8.66. The first kappa shape index (κ1) is 11.6. The van der Waals surface area contributed by atoms with Crippen LogP contribution < -0.4 is 5.73 Å². The Morgan fingerprint density at radius 1 is 1.53 bits per heavy atom. The molecule has 0 fully saturated rings. The summed E-state index contributed by atoms with van der Waals surface area (Å²) in [6.07, 6.45) is 4.14. The van der Waals surface area contributed by atoms with Gasteiger partial charge in [-0.2, -0.15) is 0 Å². The molecule has 0 radical (unpaired) electrons. The summed E-state index contributed by atoms with van der Waals surface area (Å²) in [5, 5.41) is 0. The van der Waals surface area contributed by atoms with E-state index in [4.69, 9.17) is 5.73 Å². The molecule has 0 aliphatic heterocycles. The van der Waals surface area contributed by atoms with E-state index in [0.717, 1.165) is 0 Å². The lowest BCUT2D eigenvalue weighted by Crippen LogP contribution is -1.96. The molecule has 0 aliphatic rings. The minimum Gasteiger partial charge on any atom is -0.330 e. The Morgan fingerprint density at radius 2 is 2.27 bits per heavy atom. The van der Waals surface area contributed by atoms with E-state index in [1.807, 2.05) is 0 Å². The van der Waals surface area contributed by atoms with Gasteiger partial charge in [0.1, 0.15) is 5.82 Å². The molecular formula is C12H14FNO. The fourth-order valence-electron chi connectivity index (χ4n) is 1.20. The molecule has 0 aliphatic carbocycles. The summed E-state index contributed by atoms with van der Waals surface area (Å²) in [6, 6.07) is 4.33. The second kappa shape index (κ2) is 5.41. The second-order valence-electron chi connectivity index (χ2n) is 3.27. The lowest BCUT2D eigenvalue weighted by Gasteiger charge is -2.00. The smallest absolute Gasteiger partial charge is 0.159 e. The summed E-state index contributed by atoms with van der Waals surface area (Å²) in [5.41, 5.74) is 6.25. The van der Waals surface area contributed by atoms with E-state index in [0.29, 0.717) is 24.1 Å². The van der Waals surface area contributed by atoms with Gasteiger partial charge in [0.2, 0.25) is 0 Å². The fourth-order valence-corrected chi connectivity index (χ4v) is 1.20. The van der Waals surface area contributed by atoms with Crippen LogP contribution in [0.1, 0.15) is 29.3 Å². The van der Waals surface area contributed by atoms with E-state index >= 15 is 0 Å². The van der Waals surface area contributed by atoms with E-state index in [-0.39, 0.29) is 11.6 Å². The van der Waals surface area contributed by atoms with Crippen molar-refractivity contribution in [3.05, 3.63) is 41.2 Å². The SMILES string of the molecule is CC(=O)c1ccc(F)c(C=CCCN)c1. The van der Waals surface area contributed by atoms with Gasteiger partial charge in [-0.1, -0.05) is 12.2 Å². The third-order valence-electron chi connectivity index (χ3n) is 2.03. The zero-order valence-electron chi connectivity index (χ0n) is 8.66. The summed E-state index contributed by atoms with van der Waals surface area (Å²) >= 11 is 0. The normalized spacial score (nSPS) is 10.9. The van der Waals surface area contributed by atoms with Crippen molar-refractivity contribution in [3.8, 4) is 0 Å². The van der Waals surface area contributed by atoms with Gasteiger partial charge in [-0.05, 0) is 38.1 Å². The molecule has 2 N–H and O–H groups in total. The molecule has 1 aromatic carbocycles. The quantitative estimate of drug-likeness (QED) is 0.770. The highest BCUT2D eigenvalue weighted by Crippen LogP contribution is 2.13. The molecule has 0 unspecified atom stereocenters. The van der Waals surface area contributed by atoms with Crippen LogP contribution >= 0.6 is 0 Å². The maximum absolute atomic E-state index is 13.3. The zero-order chi connectivity index (χ0) is 11.3. The average Bonchev–Trinajstić information content (AvgIpc) is 2.20. The first-order valence-electron chi connectivity index (χ1n) is 4.82. The standard InChI is InChI=1S/C12H14FNO/c1-9(15)10-5-6-12(13)11(8-10)4-2-3-7-14/h2,4-6,8H,3,7,14H2,1H3. The van der Waals surface area contributed by atoms with E-state index in [1.54, 1.807) is 18.2 Å². The summed E-state index contributed by atoms with van der Waals surface area (Å²) < 4.78 is 13.3. The molecule has 1 rings (SSSR count). The second-order valence-corrected chi connectivity index (χ2v) is 3.27. The number of ketones is 1. The third-order valence-corrected chi connectivity index (χ3v) is 2.03. The minimum absolute atomic E-state index is 0.0662. The maximum atomic E-state index is 13.3. The predicted octanol–water partition coefficient (Wildman–Crippen LogP) is 2.39. The largest absolute Gasteiger partial charge is 0.330 e. The van der Waals surface area contributed by atoms with Crippen LogP contribution in [-0.2, 0) is 0 Å². The number of carbonyl (C=O) groups is 1. The van der Waals surface area contributed by atoms with Crippen LogP contribution in [0.2, 0.25) is 0 Å². The molecule has 0 aromatic heterocycles.